The Morgan fingerprint density at radius 1 is 1.36 bits per heavy atom. The van der Waals surface area contributed by atoms with E-state index < -0.39 is 34.8 Å². The minimum absolute atomic E-state index is 0.323. The molecular formula is C14H15NO6S. The number of aliphatic carboxylic acids is 1. The lowest BCUT2D eigenvalue weighted by Gasteiger charge is -2.35. The van der Waals surface area contributed by atoms with Gasteiger partial charge in [0.1, 0.15) is 17.9 Å². The van der Waals surface area contributed by atoms with Gasteiger partial charge in [-0.3, -0.25) is 9.59 Å². The maximum absolute atomic E-state index is 12.0. The maximum atomic E-state index is 12.0. The number of carbonyl (C=O) groups is 3. The van der Waals surface area contributed by atoms with E-state index in [9.17, 15) is 14.4 Å². The van der Waals surface area contributed by atoms with Gasteiger partial charge in [0.25, 0.3) is 0 Å². The number of thioether (sulfide) groups is 1. The van der Waals surface area contributed by atoms with Crippen LogP contribution in [0, 0.1) is 0 Å². The molecule has 7 nitrogen and oxygen atoms in total. The smallest absolute Gasteiger partial charge is 0.345 e. The number of carboxylic acids is 1. The van der Waals surface area contributed by atoms with Crippen molar-refractivity contribution >= 4 is 29.6 Å². The van der Waals surface area contributed by atoms with Crippen LogP contribution in [0.1, 0.15) is 24.2 Å². The molecule has 2 N–H and O–H groups in total. The van der Waals surface area contributed by atoms with E-state index in [1.54, 1.807) is 31.2 Å². The summed E-state index contributed by atoms with van der Waals surface area (Å²) in [5.41, 5.74) is 0.323. The molecule has 2 atom stereocenters. The molecule has 0 aliphatic carbocycles. The number of rotatable bonds is 5. The molecule has 0 saturated heterocycles. The van der Waals surface area contributed by atoms with E-state index >= 15 is 0 Å². The average Bonchev–Trinajstić information content (AvgIpc) is 2.44. The Morgan fingerprint density at radius 2 is 2.05 bits per heavy atom. The van der Waals surface area contributed by atoms with Crippen LogP contribution in [-0.2, 0) is 14.3 Å². The third-order valence-electron chi connectivity index (χ3n) is 2.85. The zero-order valence-electron chi connectivity index (χ0n) is 12.0. The number of hydrogen-bond donors (Lipinski definition) is 2. The molecule has 0 unspecified atom stereocenters. The summed E-state index contributed by atoms with van der Waals surface area (Å²) < 4.78 is 10.9. The molecule has 22 heavy (non-hydrogen) atoms. The van der Waals surface area contributed by atoms with E-state index in [2.05, 4.69) is 5.32 Å². The molecule has 1 heterocycles. The SMILES string of the molecule is C[C@@H](S[C@]1(C)OC(=O)c2ccccc2O1)C(=O)NCC(=O)O. The third-order valence-corrected chi connectivity index (χ3v) is 4.02. The second-order valence-electron chi connectivity index (χ2n) is 4.72. The lowest BCUT2D eigenvalue weighted by atomic mass is 10.2. The van der Waals surface area contributed by atoms with Crippen molar-refractivity contribution in [1.29, 1.82) is 0 Å². The van der Waals surface area contributed by atoms with Crippen LogP contribution < -0.4 is 10.1 Å². The number of benzene rings is 1. The molecular weight excluding hydrogens is 310 g/mol. The Balaban J connectivity index is 2.05. The van der Waals surface area contributed by atoms with Crippen LogP contribution in [0.5, 0.6) is 5.75 Å². The van der Waals surface area contributed by atoms with E-state index in [1.807, 2.05) is 0 Å². The number of carbonyl (C=O) groups excluding carboxylic acids is 2. The maximum Gasteiger partial charge on any atom is 0.345 e. The van der Waals surface area contributed by atoms with Gasteiger partial charge in [-0.1, -0.05) is 23.9 Å². The fourth-order valence-corrected chi connectivity index (χ4v) is 2.99. The van der Waals surface area contributed by atoms with E-state index in [0.29, 0.717) is 11.3 Å². The Morgan fingerprint density at radius 3 is 2.73 bits per heavy atom. The molecule has 1 amide bonds. The fraction of sp³-hybridized carbons (Fsp3) is 0.357. The number of esters is 1. The Kier molecular flexibility index (Phi) is 4.60. The van der Waals surface area contributed by atoms with Crippen molar-refractivity contribution in [1.82, 2.24) is 5.32 Å². The molecule has 1 aromatic carbocycles. The molecule has 118 valence electrons. The highest BCUT2D eigenvalue weighted by Gasteiger charge is 2.41. The Labute approximate surface area is 131 Å². The number of cyclic esters (lactones) is 1. The van der Waals surface area contributed by atoms with Gasteiger partial charge in [0, 0.05) is 6.92 Å². The van der Waals surface area contributed by atoms with E-state index in [4.69, 9.17) is 14.6 Å². The monoisotopic (exact) mass is 325 g/mol. The largest absolute Gasteiger partial charge is 0.480 e. The summed E-state index contributed by atoms with van der Waals surface area (Å²) in [5.74, 6) is -1.76. The lowest BCUT2D eigenvalue weighted by molar-refractivity contribution is -0.137. The second-order valence-corrected chi connectivity index (χ2v) is 6.41. The van der Waals surface area contributed by atoms with Crippen molar-refractivity contribution in [3.8, 4) is 5.75 Å². The highest BCUT2D eigenvalue weighted by Crippen LogP contribution is 2.39. The van der Waals surface area contributed by atoms with Gasteiger partial charge < -0.3 is 19.9 Å². The van der Waals surface area contributed by atoms with E-state index in [0.717, 1.165) is 11.8 Å². The van der Waals surface area contributed by atoms with Gasteiger partial charge in [-0.25, -0.2) is 4.79 Å². The Hall–Kier alpha value is -2.22. The van der Waals surface area contributed by atoms with Crippen LogP contribution in [0.2, 0.25) is 0 Å². The highest BCUT2D eigenvalue weighted by molar-refractivity contribution is 8.01. The van der Waals surface area contributed by atoms with Crippen LogP contribution >= 0.6 is 11.8 Å². The summed E-state index contributed by atoms with van der Waals surface area (Å²) in [6.07, 6.45) is 0. The van der Waals surface area contributed by atoms with Gasteiger partial charge >= 0.3 is 17.1 Å². The molecule has 0 fully saturated rings. The van der Waals surface area contributed by atoms with Crippen LogP contribution in [0.15, 0.2) is 24.3 Å². The van der Waals surface area contributed by atoms with Gasteiger partial charge in [0.15, 0.2) is 0 Å². The number of fused-ring (bicyclic) bond motifs is 1. The van der Waals surface area contributed by atoms with Crippen LogP contribution in [0.25, 0.3) is 0 Å². The van der Waals surface area contributed by atoms with Gasteiger partial charge in [0.05, 0.1) is 5.25 Å². The zero-order chi connectivity index (χ0) is 16.3. The zero-order valence-corrected chi connectivity index (χ0v) is 12.8. The van der Waals surface area contributed by atoms with Gasteiger partial charge in [-0.05, 0) is 19.1 Å². The van der Waals surface area contributed by atoms with E-state index in [-0.39, 0.29) is 0 Å². The first-order valence-corrected chi connectivity index (χ1v) is 7.37. The molecule has 0 radical (unpaired) electrons. The van der Waals surface area contributed by atoms with Crippen LogP contribution in [0.4, 0.5) is 0 Å². The van der Waals surface area contributed by atoms with Crippen LogP contribution in [0.3, 0.4) is 0 Å². The van der Waals surface area contributed by atoms with Crippen LogP contribution in [-0.4, -0.2) is 39.9 Å². The molecule has 1 aliphatic heterocycles. The molecule has 1 aromatic rings. The number of amides is 1. The van der Waals surface area contributed by atoms with Crippen molar-refractivity contribution < 1.29 is 29.0 Å². The third kappa shape index (κ3) is 3.70. The lowest BCUT2D eigenvalue weighted by Crippen LogP contribution is -2.43. The minimum atomic E-state index is -1.36. The second kappa shape index (κ2) is 6.27. The summed E-state index contributed by atoms with van der Waals surface area (Å²) in [7, 11) is 0. The number of hydrogen-bond acceptors (Lipinski definition) is 6. The summed E-state index contributed by atoms with van der Waals surface area (Å²) in [5, 5.41) is 8.79. The predicted molar refractivity (Wildman–Crippen MR) is 78.6 cm³/mol. The van der Waals surface area contributed by atoms with Gasteiger partial charge in [0.2, 0.25) is 5.91 Å². The standard InChI is InChI=1S/C14H15NO6S/c1-8(12(18)15-7-11(16)17)22-14(2)20-10-6-4-3-5-9(10)13(19)21-14/h3-6,8H,7H2,1-2H3,(H,15,18)(H,16,17)/t8-,14+/m1/s1. The highest BCUT2D eigenvalue weighted by atomic mass is 32.2. The quantitative estimate of drug-likeness (QED) is 0.785. The summed E-state index contributed by atoms with van der Waals surface area (Å²) in [4.78, 5) is 34.2. The first-order chi connectivity index (χ1) is 10.3. The summed E-state index contributed by atoms with van der Waals surface area (Å²) >= 11 is 0.980. The average molecular weight is 325 g/mol. The predicted octanol–water partition coefficient (Wildman–Crippen LogP) is 1.23. The van der Waals surface area contributed by atoms with Crippen molar-refractivity contribution in [2.24, 2.45) is 0 Å². The van der Waals surface area contributed by atoms with Crippen molar-refractivity contribution in [2.45, 2.75) is 24.2 Å². The van der Waals surface area contributed by atoms with E-state index in [1.165, 1.54) is 6.92 Å². The first-order valence-electron chi connectivity index (χ1n) is 6.49. The number of ether oxygens (including phenoxy) is 2. The molecule has 0 aromatic heterocycles. The topological polar surface area (TPSA) is 102 Å². The van der Waals surface area contributed by atoms with Gasteiger partial charge in [-0.2, -0.15) is 0 Å². The molecule has 2 rings (SSSR count). The number of carboxylic acid groups (broad SMARTS) is 1. The molecule has 8 heteroatoms. The first kappa shape index (κ1) is 16.2. The normalized spacial score (nSPS) is 21.1. The molecule has 0 bridgehead atoms. The van der Waals surface area contributed by atoms with Crippen molar-refractivity contribution in [3.05, 3.63) is 29.8 Å². The summed E-state index contributed by atoms with van der Waals surface area (Å²) in [6.45, 7) is 2.64. The molecule has 1 aliphatic rings. The fourth-order valence-electron chi connectivity index (χ4n) is 1.90. The van der Waals surface area contributed by atoms with Crippen molar-refractivity contribution in [2.75, 3.05) is 6.54 Å². The number of nitrogens with one attached hydrogen (secondary N) is 1. The number of para-hydroxylation sites is 1. The van der Waals surface area contributed by atoms with Crippen molar-refractivity contribution in [3.63, 3.8) is 0 Å². The van der Waals surface area contributed by atoms with Gasteiger partial charge in [-0.15, -0.1) is 0 Å². The Bertz CT molecular complexity index is 619. The summed E-state index contributed by atoms with van der Waals surface area (Å²) in [6, 6.07) is 6.65. The molecule has 0 spiro atoms. The minimum Gasteiger partial charge on any atom is -0.480 e. The molecule has 0 saturated carbocycles.